The smallest absolute Gasteiger partial charge is 0.223 e. The molecule has 0 saturated heterocycles. The van der Waals surface area contributed by atoms with Crippen LogP contribution < -0.4 is 11.1 Å². The van der Waals surface area contributed by atoms with Crippen molar-refractivity contribution in [3.63, 3.8) is 0 Å². The minimum Gasteiger partial charge on any atom is -0.368 e. The monoisotopic (exact) mass is 280 g/mol. The molecule has 0 bridgehead atoms. The number of hydrogen-bond acceptors (Lipinski definition) is 5. The zero-order valence-electron chi connectivity index (χ0n) is 11.0. The zero-order valence-corrected chi connectivity index (χ0v) is 11.7. The molecule has 0 atom stereocenters. The third-order valence-corrected chi connectivity index (χ3v) is 2.70. The number of nitrogen functional groups attached to an aromatic ring is 1. The minimum atomic E-state index is 0.153. The Hall–Kier alpha value is -1.82. The Labute approximate surface area is 117 Å². The molecule has 102 valence electrons. The fourth-order valence-electron chi connectivity index (χ4n) is 1.76. The Kier molecular flexibility index (Phi) is 4.21. The summed E-state index contributed by atoms with van der Waals surface area (Å²) < 4.78 is 2.11. The first-order valence-corrected chi connectivity index (χ1v) is 6.46. The van der Waals surface area contributed by atoms with Crippen molar-refractivity contribution >= 4 is 23.4 Å². The van der Waals surface area contributed by atoms with Gasteiger partial charge in [0.15, 0.2) is 0 Å². The molecule has 0 aliphatic heterocycles. The van der Waals surface area contributed by atoms with E-state index in [-0.39, 0.29) is 5.95 Å². The van der Waals surface area contributed by atoms with Gasteiger partial charge in [0.05, 0.1) is 6.54 Å². The van der Waals surface area contributed by atoms with Gasteiger partial charge >= 0.3 is 0 Å². The second-order valence-electron chi connectivity index (χ2n) is 4.68. The number of aromatic nitrogens is 4. The van der Waals surface area contributed by atoms with Crippen LogP contribution in [0.1, 0.15) is 19.7 Å². The lowest BCUT2D eigenvalue weighted by Crippen LogP contribution is -2.12. The first kappa shape index (κ1) is 13.6. The molecule has 0 aromatic carbocycles. The van der Waals surface area contributed by atoms with Gasteiger partial charge in [-0.1, -0.05) is 25.4 Å². The third-order valence-electron chi connectivity index (χ3n) is 2.50. The van der Waals surface area contributed by atoms with Gasteiger partial charge in [-0.05, 0) is 5.92 Å². The Morgan fingerprint density at radius 3 is 2.89 bits per heavy atom. The highest BCUT2D eigenvalue weighted by atomic mass is 35.5. The number of nitrogens with two attached hydrogens (primary N) is 1. The molecule has 6 nitrogen and oxygen atoms in total. The molecular formula is C12H17ClN6. The Morgan fingerprint density at radius 1 is 1.42 bits per heavy atom. The van der Waals surface area contributed by atoms with Crippen LogP contribution in [0.2, 0.25) is 5.15 Å². The van der Waals surface area contributed by atoms with E-state index in [1.54, 1.807) is 12.3 Å². The van der Waals surface area contributed by atoms with Gasteiger partial charge in [-0.3, -0.25) is 0 Å². The largest absolute Gasteiger partial charge is 0.368 e. The van der Waals surface area contributed by atoms with Crippen LogP contribution in [-0.2, 0) is 13.1 Å². The van der Waals surface area contributed by atoms with Gasteiger partial charge in [0.1, 0.15) is 16.8 Å². The predicted octanol–water partition coefficient (Wildman–Crippen LogP) is 2.18. The Morgan fingerprint density at radius 2 is 2.21 bits per heavy atom. The van der Waals surface area contributed by atoms with Crippen molar-refractivity contribution in [3.8, 4) is 0 Å². The molecule has 2 aromatic heterocycles. The van der Waals surface area contributed by atoms with Crippen LogP contribution >= 0.6 is 11.6 Å². The van der Waals surface area contributed by atoms with Crippen molar-refractivity contribution in [2.45, 2.75) is 26.9 Å². The summed E-state index contributed by atoms with van der Waals surface area (Å²) in [6.45, 7) is 5.83. The topological polar surface area (TPSA) is 81.7 Å². The van der Waals surface area contributed by atoms with Crippen LogP contribution in [-0.4, -0.2) is 19.5 Å². The molecule has 0 radical (unpaired) electrons. The van der Waals surface area contributed by atoms with E-state index >= 15 is 0 Å². The summed E-state index contributed by atoms with van der Waals surface area (Å²) in [5, 5.41) is 3.46. The van der Waals surface area contributed by atoms with Crippen molar-refractivity contribution in [2.75, 3.05) is 11.1 Å². The SMILES string of the molecule is CC(C)Cn1ccnc1CNc1cc(Cl)nc(N)n1. The summed E-state index contributed by atoms with van der Waals surface area (Å²) in [6, 6.07) is 1.63. The summed E-state index contributed by atoms with van der Waals surface area (Å²) in [5.41, 5.74) is 5.54. The van der Waals surface area contributed by atoms with Crippen molar-refractivity contribution in [2.24, 2.45) is 5.92 Å². The number of nitrogens with one attached hydrogen (secondary N) is 1. The van der Waals surface area contributed by atoms with E-state index in [4.69, 9.17) is 17.3 Å². The minimum absolute atomic E-state index is 0.153. The molecular weight excluding hydrogens is 264 g/mol. The molecule has 0 fully saturated rings. The van der Waals surface area contributed by atoms with Gasteiger partial charge < -0.3 is 15.6 Å². The summed E-state index contributed by atoms with van der Waals surface area (Å²) in [6.07, 6.45) is 3.76. The maximum absolute atomic E-state index is 5.82. The maximum Gasteiger partial charge on any atom is 0.223 e. The van der Waals surface area contributed by atoms with Gasteiger partial charge in [0, 0.05) is 25.0 Å². The molecule has 0 aliphatic rings. The number of imidazole rings is 1. The van der Waals surface area contributed by atoms with E-state index in [0.717, 1.165) is 12.4 Å². The first-order chi connectivity index (χ1) is 9.04. The molecule has 0 saturated carbocycles. The lowest BCUT2D eigenvalue weighted by molar-refractivity contribution is 0.509. The normalized spacial score (nSPS) is 10.9. The van der Waals surface area contributed by atoms with Crippen LogP contribution in [0.5, 0.6) is 0 Å². The number of rotatable bonds is 5. The second-order valence-corrected chi connectivity index (χ2v) is 5.06. The molecule has 19 heavy (non-hydrogen) atoms. The number of anilines is 2. The summed E-state index contributed by atoms with van der Waals surface area (Å²) >= 11 is 5.82. The first-order valence-electron chi connectivity index (χ1n) is 6.08. The van der Waals surface area contributed by atoms with Crippen LogP contribution in [0.15, 0.2) is 18.5 Å². The summed E-state index contributed by atoms with van der Waals surface area (Å²) in [7, 11) is 0. The van der Waals surface area contributed by atoms with Crippen LogP contribution in [0.4, 0.5) is 11.8 Å². The highest BCUT2D eigenvalue weighted by molar-refractivity contribution is 6.29. The number of halogens is 1. The van der Waals surface area contributed by atoms with Crippen molar-refractivity contribution < 1.29 is 0 Å². The molecule has 2 aromatic rings. The maximum atomic E-state index is 5.82. The zero-order chi connectivity index (χ0) is 13.8. The van der Waals surface area contributed by atoms with E-state index in [1.807, 2.05) is 6.20 Å². The Bertz CT molecular complexity index is 531. The van der Waals surface area contributed by atoms with Crippen LogP contribution in [0, 0.1) is 5.92 Å². The molecule has 2 rings (SSSR count). The molecule has 0 unspecified atom stereocenters. The lowest BCUT2D eigenvalue weighted by atomic mass is 10.2. The molecule has 3 N–H and O–H groups in total. The highest BCUT2D eigenvalue weighted by Crippen LogP contribution is 2.13. The molecule has 7 heteroatoms. The summed E-state index contributed by atoms with van der Waals surface area (Å²) in [4.78, 5) is 12.2. The van der Waals surface area contributed by atoms with E-state index in [1.165, 1.54) is 0 Å². The van der Waals surface area contributed by atoms with Gasteiger partial charge in [-0.2, -0.15) is 4.98 Å². The van der Waals surface area contributed by atoms with E-state index in [9.17, 15) is 0 Å². The molecule has 0 spiro atoms. The number of hydrogen-bond donors (Lipinski definition) is 2. The standard InChI is InChI=1S/C12H17ClN6/c1-8(2)7-19-4-3-15-11(19)6-16-10-5-9(13)17-12(14)18-10/h3-5,8H,6-7H2,1-2H3,(H3,14,16,17,18). The average molecular weight is 281 g/mol. The van der Waals surface area contributed by atoms with Crippen molar-refractivity contribution in [1.82, 2.24) is 19.5 Å². The Balaban J connectivity index is 2.04. The molecule has 0 amide bonds. The van der Waals surface area contributed by atoms with E-state index in [2.05, 4.69) is 38.7 Å². The third kappa shape index (κ3) is 3.82. The average Bonchev–Trinajstić information content (AvgIpc) is 2.71. The quantitative estimate of drug-likeness (QED) is 0.821. The lowest BCUT2D eigenvalue weighted by Gasteiger charge is -2.11. The fraction of sp³-hybridized carbons (Fsp3) is 0.417. The highest BCUT2D eigenvalue weighted by Gasteiger charge is 2.06. The summed E-state index contributed by atoms with van der Waals surface area (Å²) in [5.74, 6) is 2.26. The number of nitrogens with zero attached hydrogens (tertiary/aromatic N) is 4. The van der Waals surface area contributed by atoms with Crippen LogP contribution in [0.25, 0.3) is 0 Å². The van der Waals surface area contributed by atoms with E-state index in [0.29, 0.717) is 23.4 Å². The molecule has 2 heterocycles. The van der Waals surface area contributed by atoms with Crippen molar-refractivity contribution in [1.29, 1.82) is 0 Å². The van der Waals surface area contributed by atoms with Gasteiger partial charge in [0.25, 0.3) is 0 Å². The van der Waals surface area contributed by atoms with Gasteiger partial charge in [-0.25, -0.2) is 9.97 Å². The van der Waals surface area contributed by atoms with Crippen LogP contribution in [0.3, 0.4) is 0 Å². The fourth-order valence-corrected chi connectivity index (χ4v) is 1.95. The van der Waals surface area contributed by atoms with E-state index < -0.39 is 0 Å². The molecule has 0 aliphatic carbocycles. The van der Waals surface area contributed by atoms with Gasteiger partial charge in [-0.15, -0.1) is 0 Å². The second kappa shape index (κ2) is 5.88. The van der Waals surface area contributed by atoms with Crippen molar-refractivity contribution in [3.05, 3.63) is 29.4 Å². The predicted molar refractivity (Wildman–Crippen MR) is 75.8 cm³/mol. The van der Waals surface area contributed by atoms with Gasteiger partial charge in [0.2, 0.25) is 5.95 Å².